The molecule has 0 heterocycles. The first-order valence-electron chi connectivity index (χ1n) is 8.18. The van der Waals surface area contributed by atoms with Crippen LogP contribution in [0.5, 0.6) is 5.75 Å². The smallest absolute Gasteiger partial charge is 0.338 e. The Morgan fingerprint density at radius 1 is 1.08 bits per heavy atom. The summed E-state index contributed by atoms with van der Waals surface area (Å²) in [6, 6.07) is 11.8. The van der Waals surface area contributed by atoms with Crippen LogP contribution >= 0.6 is 11.6 Å². The van der Waals surface area contributed by atoms with Crippen LogP contribution < -0.4 is 15.4 Å². The van der Waals surface area contributed by atoms with Crippen LogP contribution in [0.25, 0.3) is 0 Å². The van der Waals surface area contributed by atoms with Gasteiger partial charge >= 0.3 is 5.97 Å². The van der Waals surface area contributed by atoms with E-state index in [0.717, 1.165) is 12.1 Å². The molecule has 1 amide bonds. The molecule has 7 heteroatoms. The highest BCUT2D eigenvalue weighted by atomic mass is 35.5. The van der Waals surface area contributed by atoms with Crippen LogP contribution in [0.3, 0.4) is 0 Å². The summed E-state index contributed by atoms with van der Waals surface area (Å²) in [4.78, 5) is 23.8. The third-order valence-corrected chi connectivity index (χ3v) is 3.74. The van der Waals surface area contributed by atoms with E-state index in [0.29, 0.717) is 28.6 Å². The van der Waals surface area contributed by atoms with Crippen LogP contribution in [0.1, 0.15) is 23.7 Å². The lowest BCUT2D eigenvalue weighted by atomic mass is 10.2. The number of ether oxygens (including phenoxy) is 2. The van der Waals surface area contributed by atoms with E-state index >= 15 is 0 Å². The molecule has 0 saturated carbocycles. The molecule has 2 rings (SSSR count). The zero-order valence-electron chi connectivity index (χ0n) is 14.7. The standard InChI is InChI=1S/C19H21ClN2O4/c1-3-10-26-19(24)13-4-6-14(7-5-13)21-12-18(23)22-15-8-9-17(25-2)16(20)11-15/h4-9,11,21H,3,10,12H2,1-2H3,(H,22,23). The topological polar surface area (TPSA) is 76.7 Å². The van der Waals surface area contributed by atoms with Crippen molar-refractivity contribution in [2.45, 2.75) is 13.3 Å². The van der Waals surface area contributed by atoms with Crippen molar-refractivity contribution in [3.63, 3.8) is 0 Å². The van der Waals surface area contributed by atoms with Crippen molar-refractivity contribution in [1.29, 1.82) is 0 Å². The van der Waals surface area contributed by atoms with Gasteiger partial charge in [-0.05, 0) is 48.9 Å². The number of carbonyl (C=O) groups excluding carboxylic acids is 2. The van der Waals surface area contributed by atoms with Crippen LogP contribution in [0.2, 0.25) is 5.02 Å². The molecule has 6 nitrogen and oxygen atoms in total. The zero-order chi connectivity index (χ0) is 18.9. The summed E-state index contributed by atoms with van der Waals surface area (Å²) < 4.78 is 10.1. The Morgan fingerprint density at radius 3 is 2.38 bits per heavy atom. The van der Waals surface area contributed by atoms with Crippen LogP contribution in [0.15, 0.2) is 42.5 Å². The normalized spacial score (nSPS) is 10.1. The second kappa shape index (κ2) is 9.68. The minimum atomic E-state index is -0.354. The first-order valence-corrected chi connectivity index (χ1v) is 8.55. The van der Waals surface area contributed by atoms with E-state index in [9.17, 15) is 9.59 Å². The maximum absolute atomic E-state index is 12.0. The molecule has 0 atom stereocenters. The van der Waals surface area contributed by atoms with E-state index in [-0.39, 0.29) is 18.4 Å². The largest absolute Gasteiger partial charge is 0.495 e. The minimum absolute atomic E-state index is 0.0727. The molecule has 2 N–H and O–H groups in total. The molecular formula is C19H21ClN2O4. The second-order valence-electron chi connectivity index (χ2n) is 5.46. The number of methoxy groups -OCH3 is 1. The molecule has 0 aliphatic rings. The lowest BCUT2D eigenvalue weighted by Crippen LogP contribution is -2.21. The molecule has 0 radical (unpaired) electrons. The van der Waals surface area contributed by atoms with Crippen molar-refractivity contribution < 1.29 is 19.1 Å². The van der Waals surface area contributed by atoms with E-state index in [1.54, 1.807) is 42.5 Å². The lowest BCUT2D eigenvalue weighted by Gasteiger charge is -2.10. The van der Waals surface area contributed by atoms with Crippen molar-refractivity contribution in [2.75, 3.05) is 30.9 Å². The molecule has 0 fully saturated rings. The third kappa shape index (κ3) is 5.67. The molecule has 0 unspecified atom stereocenters. The molecule has 138 valence electrons. The Labute approximate surface area is 157 Å². The highest BCUT2D eigenvalue weighted by molar-refractivity contribution is 6.32. The average molecular weight is 377 g/mol. The van der Waals surface area contributed by atoms with Gasteiger partial charge in [0.15, 0.2) is 0 Å². The Morgan fingerprint density at radius 2 is 1.77 bits per heavy atom. The molecule has 0 saturated heterocycles. The summed E-state index contributed by atoms with van der Waals surface area (Å²) in [6.07, 6.45) is 0.778. The van der Waals surface area contributed by atoms with Crippen LogP contribution in [-0.2, 0) is 9.53 Å². The summed E-state index contributed by atoms with van der Waals surface area (Å²) in [6.45, 7) is 2.41. The number of hydrogen-bond donors (Lipinski definition) is 2. The first-order chi connectivity index (χ1) is 12.5. The zero-order valence-corrected chi connectivity index (χ0v) is 15.4. The van der Waals surface area contributed by atoms with Gasteiger partial charge in [0.1, 0.15) is 5.75 Å². The molecule has 0 bridgehead atoms. The van der Waals surface area contributed by atoms with Crippen LogP contribution in [0.4, 0.5) is 11.4 Å². The fraction of sp³-hybridized carbons (Fsp3) is 0.263. The number of nitrogens with one attached hydrogen (secondary N) is 2. The van der Waals surface area contributed by atoms with Gasteiger partial charge in [-0.1, -0.05) is 18.5 Å². The van der Waals surface area contributed by atoms with Crippen molar-refractivity contribution in [3.05, 3.63) is 53.1 Å². The molecule has 0 aromatic heterocycles. The van der Waals surface area contributed by atoms with Crippen molar-refractivity contribution in [1.82, 2.24) is 0 Å². The minimum Gasteiger partial charge on any atom is -0.495 e. The fourth-order valence-electron chi connectivity index (χ4n) is 2.13. The van der Waals surface area contributed by atoms with Gasteiger partial charge in [-0.25, -0.2) is 4.79 Å². The molecule has 0 spiro atoms. The Balaban J connectivity index is 1.85. The summed E-state index contributed by atoms with van der Waals surface area (Å²) in [7, 11) is 1.53. The molecule has 2 aromatic rings. The molecule has 0 aliphatic carbocycles. The fourth-order valence-corrected chi connectivity index (χ4v) is 2.39. The van der Waals surface area contributed by atoms with E-state index in [1.165, 1.54) is 7.11 Å². The predicted octanol–water partition coefficient (Wildman–Crippen LogP) is 3.97. The van der Waals surface area contributed by atoms with Crippen molar-refractivity contribution in [3.8, 4) is 5.75 Å². The lowest BCUT2D eigenvalue weighted by molar-refractivity contribution is -0.114. The summed E-state index contributed by atoms with van der Waals surface area (Å²) >= 11 is 6.03. The second-order valence-corrected chi connectivity index (χ2v) is 5.87. The molecule has 26 heavy (non-hydrogen) atoms. The first kappa shape index (κ1) is 19.6. The predicted molar refractivity (Wildman–Crippen MR) is 102 cm³/mol. The number of halogens is 1. The van der Waals surface area contributed by atoms with E-state index in [2.05, 4.69) is 10.6 Å². The summed E-state index contributed by atoms with van der Waals surface area (Å²) in [5.74, 6) is -0.0365. The Kier molecular flexibility index (Phi) is 7.29. The number of amides is 1. The Hall–Kier alpha value is -2.73. The third-order valence-electron chi connectivity index (χ3n) is 3.45. The van der Waals surface area contributed by atoms with Gasteiger partial charge in [-0.15, -0.1) is 0 Å². The number of benzene rings is 2. The quantitative estimate of drug-likeness (QED) is 0.682. The number of anilines is 2. The maximum atomic E-state index is 12.0. The SMILES string of the molecule is CCCOC(=O)c1ccc(NCC(=O)Nc2ccc(OC)c(Cl)c2)cc1. The monoisotopic (exact) mass is 376 g/mol. The number of esters is 1. The summed E-state index contributed by atoms with van der Waals surface area (Å²) in [5.41, 5.74) is 1.78. The van der Waals surface area contributed by atoms with Gasteiger partial charge in [0.2, 0.25) is 5.91 Å². The molecule has 2 aromatic carbocycles. The number of hydrogen-bond acceptors (Lipinski definition) is 5. The average Bonchev–Trinajstić information content (AvgIpc) is 2.65. The van der Waals surface area contributed by atoms with Crippen molar-refractivity contribution in [2.24, 2.45) is 0 Å². The number of carbonyl (C=O) groups is 2. The van der Waals surface area contributed by atoms with Crippen molar-refractivity contribution >= 4 is 34.9 Å². The van der Waals surface area contributed by atoms with Gasteiger partial charge in [-0.2, -0.15) is 0 Å². The maximum Gasteiger partial charge on any atom is 0.338 e. The van der Waals surface area contributed by atoms with Gasteiger partial charge in [-0.3, -0.25) is 4.79 Å². The Bertz CT molecular complexity index is 763. The van der Waals surface area contributed by atoms with E-state index in [4.69, 9.17) is 21.1 Å². The number of rotatable bonds is 8. The molecular weight excluding hydrogens is 356 g/mol. The highest BCUT2D eigenvalue weighted by Crippen LogP contribution is 2.27. The summed E-state index contributed by atoms with van der Waals surface area (Å²) in [5, 5.41) is 6.15. The van der Waals surface area contributed by atoms with Gasteiger partial charge < -0.3 is 20.1 Å². The van der Waals surface area contributed by atoms with Gasteiger partial charge in [0.25, 0.3) is 0 Å². The van der Waals surface area contributed by atoms with Crippen LogP contribution in [0, 0.1) is 0 Å². The van der Waals surface area contributed by atoms with Crippen LogP contribution in [-0.4, -0.2) is 32.1 Å². The highest BCUT2D eigenvalue weighted by Gasteiger charge is 2.08. The van der Waals surface area contributed by atoms with Gasteiger partial charge in [0, 0.05) is 11.4 Å². The van der Waals surface area contributed by atoms with E-state index < -0.39 is 0 Å². The molecule has 0 aliphatic heterocycles. The van der Waals surface area contributed by atoms with E-state index in [1.807, 2.05) is 6.92 Å². The van der Waals surface area contributed by atoms with Gasteiger partial charge in [0.05, 0.1) is 30.8 Å².